The fourth-order valence-corrected chi connectivity index (χ4v) is 7.62. The predicted octanol–water partition coefficient (Wildman–Crippen LogP) is 7.40. The Morgan fingerprint density at radius 3 is 1.46 bits per heavy atom. The summed E-state index contributed by atoms with van der Waals surface area (Å²) in [5.41, 5.74) is 7.39. The first-order valence-electron chi connectivity index (χ1n) is 13.2. The molecule has 0 bridgehead atoms. The summed E-state index contributed by atoms with van der Waals surface area (Å²) in [7, 11) is 10.2. The molecule has 0 saturated heterocycles. The fraction of sp³-hybridized carbons (Fsp3) is 0.613. The topological polar surface area (TPSA) is 27.7 Å². The van der Waals surface area contributed by atoms with Crippen molar-refractivity contribution in [2.45, 2.75) is 91.6 Å². The molecule has 2 aromatic carbocycles. The highest BCUT2D eigenvalue weighted by Crippen LogP contribution is 2.52. The van der Waals surface area contributed by atoms with Gasteiger partial charge in [0.05, 0.1) is 0 Å². The van der Waals surface area contributed by atoms with E-state index in [0.29, 0.717) is 0 Å². The van der Waals surface area contributed by atoms with Gasteiger partial charge < -0.3 is 19.4 Å². The van der Waals surface area contributed by atoms with Crippen LogP contribution in [-0.2, 0) is 45.7 Å². The van der Waals surface area contributed by atoms with Gasteiger partial charge in [-0.05, 0) is 84.1 Å². The van der Waals surface area contributed by atoms with Crippen LogP contribution in [0.15, 0.2) is 30.3 Å². The lowest BCUT2D eigenvalue weighted by Crippen LogP contribution is -2.29. The van der Waals surface area contributed by atoms with Crippen LogP contribution < -0.4 is 10.4 Å². The highest BCUT2D eigenvalue weighted by Gasteiger charge is 2.34. The zero-order chi connectivity index (χ0) is 28.6. The first kappa shape index (κ1) is 32.0. The van der Waals surface area contributed by atoms with Crippen LogP contribution >= 0.6 is 6.42 Å². The van der Waals surface area contributed by atoms with Crippen molar-refractivity contribution in [3.8, 4) is 0 Å². The molecule has 1 N–H and O–H groups in total. The highest BCUT2D eigenvalue weighted by atomic mass is 32.4. The molecule has 2 aromatic rings. The number of hydrogen-bond acceptors (Lipinski definition) is 4. The summed E-state index contributed by atoms with van der Waals surface area (Å²) in [6.45, 7) is 22.2. The number of anilines is 1. The standard InChI is InChI=1S/C31H52N3OPS/c1-29(2,3)24-18-25(30(4,5)6)27(26(19-24)31(7,8)9)32-36(37,35-14)28-22(20-33(10)11)16-15-17-23(28)21-34(12)13/h15-19H,20-21H2,1-14H3,(H,32,37)/t36-/m1/s1. The van der Waals surface area contributed by atoms with Crippen LogP contribution in [0, 0.1) is 0 Å². The Hall–Kier alpha value is -1.23. The highest BCUT2D eigenvalue weighted by molar-refractivity contribution is 8.16. The van der Waals surface area contributed by atoms with Gasteiger partial charge in [-0.25, -0.2) is 0 Å². The predicted molar refractivity (Wildman–Crippen MR) is 168 cm³/mol. The third-order valence-corrected chi connectivity index (χ3v) is 10.1. The Morgan fingerprint density at radius 2 is 1.16 bits per heavy atom. The van der Waals surface area contributed by atoms with Gasteiger partial charge in [-0.1, -0.05) is 92.6 Å². The van der Waals surface area contributed by atoms with Crippen molar-refractivity contribution in [2.24, 2.45) is 0 Å². The van der Waals surface area contributed by atoms with Crippen molar-refractivity contribution >= 4 is 29.2 Å². The van der Waals surface area contributed by atoms with Crippen LogP contribution in [0.4, 0.5) is 5.69 Å². The number of nitrogens with zero attached hydrogens (tertiary/aromatic N) is 2. The lowest BCUT2D eigenvalue weighted by atomic mass is 9.74. The molecule has 37 heavy (non-hydrogen) atoms. The van der Waals surface area contributed by atoms with Crippen molar-refractivity contribution in [1.29, 1.82) is 0 Å². The normalized spacial score (nSPS) is 14.8. The Kier molecular flexibility index (Phi) is 9.92. The SMILES string of the molecule is CO[P@](=S)(Nc1c(C(C)(C)C)cc(C(C)(C)C)cc1C(C)(C)C)c1c(CN(C)C)cccc1CN(C)C. The van der Waals surface area contributed by atoms with Gasteiger partial charge >= 0.3 is 0 Å². The molecule has 0 fully saturated rings. The Balaban J connectivity index is 2.95. The van der Waals surface area contributed by atoms with Crippen LogP contribution in [0.1, 0.15) is 90.1 Å². The smallest absolute Gasteiger partial charge is 0.183 e. The van der Waals surface area contributed by atoms with Gasteiger partial charge in [0.1, 0.15) is 0 Å². The molecule has 0 aliphatic heterocycles. The summed E-state index contributed by atoms with van der Waals surface area (Å²) in [6, 6.07) is 11.3. The molecule has 0 saturated carbocycles. The molecule has 0 radical (unpaired) electrons. The van der Waals surface area contributed by atoms with Crippen LogP contribution in [-0.4, -0.2) is 45.1 Å². The molecule has 0 heterocycles. The van der Waals surface area contributed by atoms with E-state index in [0.717, 1.165) is 24.1 Å². The molecule has 1 atom stereocenters. The molecule has 4 nitrogen and oxygen atoms in total. The van der Waals surface area contributed by atoms with Crippen molar-refractivity contribution < 1.29 is 4.52 Å². The van der Waals surface area contributed by atoms with Crippen LogP contribution in [0.25, 0.3) is 0 Å². The van der Waals surface area contributed by atoms with E-state index in [4.69, 9.17) is 16.3 Å². The fourth-order valence-electron chi connectivity index (χ4n) is 4.68. The van der Waals surface area contributed by atoms with Gasteiger partial charge in [0, 0.05) is 31.2 Å². The van der Waals surface area contributed by atoms with Gasteiger partial charge in [0.25, 0.3) is 0 Å². The minimum atomic E-state index is -2.68. The summed E-state index contributed by atoms with van der Waals surface area (Å²) >= 11 is 6.54. The van der Waals surface area contributed by atoms with Gasteiger partial charge in [-0.3, -0.25) is 0 Å². The summed E-state index contributed by atoms with van der Waals surface area (Å²) in [5.74, 6) is 0. The molecule has 2 rings (SSSR count). The molecule has 6 heteroatoms. The lowest BCUT2D eigenvalue weighted by Gasteiger charge is -2.37. The summed E-state index contributed by atoms with van der Waals surface area (Å²) < 4.78 is 6.38. The van der Waals surface area contributed by atoms with E-state index in [9.17, 15) is 0 Å². The zero-order valence-electron chi connectivity index (χ0n) is 26.0. The minimum Gasteiger partial charge on any atom is -0.334 e. The molecule has 0 unspecified atom stereocenters. The van der Waals surface area contributed by atoms with Crippen molar-refractivity contribution in [3.63, 3.8) is 0 Å². The maximum atomic E-state index is 6.54. The van der Waals surface area contributed by atoms with E-state index in [2.05, 4.69) is 136 Å². The largest absolute Gasteiger partial charge is 0.334 e. The van der Waals surface area contributed by atoms with E-state index in [-0.39, 0.29) is 16.2 Å². The molecule has 0 aliphatic rings. The average Bonchev–Trinajstić information content (AvgIpc) is 2.70. The Labute approximate surface area is 233 Å². The van der Waals surface area contributed by atoms with Crippen LogP contribution in [0.5, 0.6) is 0 Å². The van der Waals surface area contributed by atoms with Gasteiger partial charge in [0.2, 0.25) is 0 Å². The van der Waals surface area contributed by atoms with Gasteiger partial charge in [-0.2, -0.15) is 0 Å². The van der Waals surface area contributed by atoms with Gasteiger partial charge in [0.15, 0.2) is 6.42 Å². The third kappa shape index (κ3) is 7.90. The van der Waals surface area contributed by atoms with Crippen molar-refractivity contribution in [3.05, 3.63) is 58.1 Å². The summed E-state index contributed by atoms with van der Waals surface area (Å²) in [6.07, 6.45) is -2.68. The van der Waals surface area contributed by atoms with Gasteiger partial charge in [-0.15, -0.1) is 0 Å². The monoisotopic (exact) mass is 545 g/mol. The minimum absolute atomic E-state index is 0.0389. The van der Waals surface area contributed by atoms with Crippen molar-refractivity contribution in [2.75, 3.05) is 40.4 Å². The zero-order valence-corrected chi connectivity index (χ0v) is 27.7. The van der Waals surface area contributed by atoms with E-state index < -0.39 is 6.42 Å². The van der Waals surface area contributed by atoms with E-state index >= 15 is 0 Å². The second-order valence-corrected chi connectivity index (χ2v) is 17.6. The summed E-state index contributed by atoms with van der Waals surface area (Å²) in [5, 5.41) is 5.09. The first-order valence-corrected chi connectivity index (χ1v) is 16.0. The van der Waals surface area contributed by atoms with Crippen LogP contribution in [0.2, 0.25) is 0 Å². The molecule has 0 aliphatic carbocycles. The number of benzene rings is 2. The summed E-state index contributed by atoms with van der Waals surface area (Å²) in [4.78, 5) is 4.40. The number of hydrogen-bond donors (Lipinski definition) is 1. The second-order valence-electron chi connectivity index (χ2n) is 13.9. The molecule has 0 spiro atoms. The van der Waals surface area contributed by atoms with Crippen molar-refractivity contribution in [1.82, 2.24) is 9.80 Å². The molecular weight excluding hydrogens is 493 g/mol. The van der Waals surface area contributed by atoms with E-state index in [1.54, 1.807) is 7.11 Å². The quantitative estimate of drug-likeness (QED) is 0.349. The molecule has 0 aromatic heterocycles. The second kappa shape index (κ2) is 11.5. The number of nitrogens with one attached hydrogen (secondary N) is 1. The Morgan fingerprint density at radius 1 is 0.757 bits per heavy atom. The molecule has 208 valence electrons. The lowest BCUT2D eigenvalue weighted by molar-refractivity contribution is 0.397. The van der Waals surface area contributed by atoms with E-state index in [1.165, 1.54) is 27.8 Å². The van der Waals surface area contributed by atoms with Crippen LogP contribution in [0.3, 0.4) is 0 Å². The maximum absolute atomic E-state index is 6.54. The maximum Gasteiger partial charge on any atom is 0.183 e. The number of rotatable bonds is 8. The Bertz CT molecular complexity index is 1070. The molecule has 0 amide bonds. The first-order chi connectivity index (χ1) is 16.7. The average molecular weight is 546 g/mol. The van der Waals surface area contributed by atoms with E-state index in [1.807, 2.05) is 0 Å². The third-order valence-electron chi connectivity index (χ3n) is 6.61. The molecular formula is C31H52N3OPS.